The summed E-state index contributed by atoms with van der Waals surface area (Å²) in [5.74, 6) is -4.66. The van der Waals surface area contributed by atoms with Crippen molar-refractivity contribution in [3.8, 4) is 78.6 Å². The average Bonchev–Trinajstić information content (AvgIpc) is 1.28. The zero-order valence-corrected chi connectivity index (χ0v) is 43.3. The second-order valence-electron chi connectivity index (χ2n) is 19.7. The molecule has 0 atom stereocenters. The number of aromatic hydroxyl groups is 1. The SMILES string of the molecule is [2H]C([2H])([2H])c1cc(-c2cc(C([2H])(C)C)cc(C([2H])(C)C)c2)ccc1-n1c(-c2cc(C(C([2H])([2H])[2H])(C([2H])([2H])[2H])C([2H])([2H])[2H])cc(C(C([2H])([2H])[2H])(C([2H])([2H])[2H])C([2H])([2H])[2H])c2O)nc2c(-c3[c-]c(-c4cc(-c5ccc(-c6ccccc6)cc5)ccn4)cc(C(C)(C)C)c3)cccc21.[Pt]. The molecular weight excluding hydrogens is 1060 g/mol. The van der Waals surface area contributed by atoms with Gasteiger partial charge in [0.15, 0.2) is 0 Å². The van der Waals surface area contributed by atoms with Gasteiger partial charge in [0, 0.05) is 70.0 Å². The summed E-state index contributed by atoms with van der Waals surface area (Å²) in [7, 11) is 0. The summed E-state index contributed by atoms with van der Waals surface area (Å²) in [6, 6.07) is 43.7. The Morgan fingerprint density at radius 2 is 1.18 bits per heavy atom. The second kappa shape index (κ2) is 19.9. The van der Waals surface area contributed by atoms with Crippen LogP contribution in [0, 0.1) is 12.9 Å². The first-order chi connectivity index (χ1) is 42.9. The van der Waals surface area contributed by atoms with E-state index < -0.39 is 110 Å². The van der Waals surface area contributed by atoms with Gasteiger partial charge in [0.25, 0.3) is 0 Å². The summed E-state index contributed by atoms with van der Waals surface area (Å²) in [6.07, 6.45) is 1.66. The molecule has 72 heavy (non-hydrogen) atoms. The van der Waals surface area contributed by atoms with E-state index in [1.54, 1.807) is 64.2 Å². The molecule has 2 heterocycles. The van der Waals surface area contributed by atoms with Crippen LogP contribution in [-0.4, -0.2) is 19.6 Å². The van der Waals surface area contributed by atoms with Crippen molar-refractivity contribution in [1.29, 1.82) is 0 Å². The summed E-state index contributed by atoms with van der Waals surface area (Å²) in [6.45, 7) is -15.8. The monoisotopic (exact) mass is 1150 g/mol. The Balaban J connectivity index is 0.0000116. The first-order valence-electron chi connectivity index (χ1n) is 34.8. The van der Waals surface area contributed by atoms with Crippen LogP contribution in [0.15, 0.2) is 152 Å². The van der Waals surface area contributed by atoms with Crippen molar-refractivity contribution in [2.24, 2.45) is 0 Å². The molecule has 9 rings (SSSR count). The molecule has 0 unspecified atom stereocenters. The Morgan fingerprint density at radius 1 is 0.569 bits per heavy atom. The third kappa shape index (κ3) is 10.4. The molecule has 0 spiro atoms. The quantitative estimate of drug-likeness (QED) is 0.147. The first-order valence-corrected chi connectivity index (χ1v) is 23.3. The fraction of sp³-hybridized carbons (Fsp3) is 0.284. The molecule has 0 saturated carbocycles. The molecule has 0 fully saturated rings. The molecule has 9 aromatic rings. The van der Waals surface area contributed by atoms with Crippen LogP contribution in [-0.2, 0) is 37.3 Å². The van der Waals surface area contributed by atoms with Crippen molar-refractivity contribution in [3.05, 3.63) is 191 Å². The molecule has 0 aliphatic heterocycles. The van der Waals surface area contributed by atoms with Crippen molar-refractivity contribution in [1.82, 2.24) is 14.5 Å². The molecule has 4 nitrogen and oxygen atoms in total. The van der Waals surface area contributed by atoms with Gasteiger partial charge in [-0.3, -0.25) is 9.55 Å². The van der Waals surface area contributed by atoms with E-state index in [4.69, 9.17) is 37.4 Å². The van der Waals surface area contributed by atoms with Crippen LogP contribution in [0.5, 0.6) is 5.75 Å². The van der Waals surface area contributed by atoms with E-state index in [2.05, 4.69) is 6.07 Å². The second-order valence-corrected chi connectivity index (χ2v) is 19.7. The molecule has 0 radical (unpaired) electrons. The summed E-state index contributed by atoms with van der Waals surface area (Å²) >= 11 is 0. The maximum absolute atomic E-state index is 13.1. The van der Waals surface area contributed by atoms with Gasteiger partial charge in [-0.15, -0.1) is 29.3 Å². The number of hydrogen-bond donors (Lipinski definition) is 1. The zero-order chi connectivity index (χ0) is 70.1. The largest absolute Gasteiger partial charge is 0.507 e. The summed E-state index contributed by atoms with van der Waals surface area (Å²) in [5.41, 5.74) is -6.10. The summed E-state index contributed by atoms with van der Waals surface area (Å²) in [4.78, 5) is 9.86. The molecule has 0 aliphatic carbocycles. The van der Waals surface area contributed by atoms with Crippen LogP contribution in [0.25, 0.3) is 83.9 Å². The fourth-order valence-electron chi connectivity index (χ4n) is 8.86. The number of aromatic nitrogens is 3. The Kier molecular flexibility index (Phi) is 8.30. The van der Waals surface area contributed by atoms with Gasteiger partial charge in [-0.2, -0.15) is 0 Å². The van der Waals surface area contributed by atoms with Crippen LogP contribution in [0.4, 0.5) is 0 Å². The van der Waals surface area contributed by atoms with E-state index in [9.17, 15) is 9.22 Å². The van der Waals surface area contributed by atoms with E-state index in [0.717, 1.165) is 32.4 Å². The van der Waals surface area contributed by atoms with Crippen LogP contribution in [0.2, 0.25) is 0 Å². The normalized spacial score (nSPS) is 18.5. The molecule has 1 N–H and O–H groups in total. The first kappa shape index (κ1) is 30.0. The number of aryl methyl sites for hydroxylation is 1. The van der Waals surface area contributed by atoms with Crippen LogP contribution < -0.4 is 0 Å². The number of benzene rings is 7. The summed E-state index contributed by atoms with van der Waals surface area (Å²) < 4.78 is 205. The maximum Gasteiger partial charge on any atom is 0.148 e. The predicted molar refractivity (Wildman–Crippen MR) is 301 cm³/mol. The van der Waals surface area contributed by atoms with Gasteiger partial charge < -0.3 is 5.11 Å². The van der Waals surface area contributed by atoms with Crippen LogP contribution >= 0.6 is 0 Å². The number of phenolic OH excluding ortho intramolecular Hbond substituents is 1. The number of phenols is 1. The molecule has 370 valence electrons. The minimum Gasteiger partial charge on any atom is -0.507 e. The molecular formula is C67H70N3OPt-. The van der Waals surface area contributed by atoms with Crippen molar-refractivity contribution in [2.45, 2.75) is 124 Å². The molecule has 2 aromatic heterocycles. The standard InChI is InChI=1S/C67H70N3O.Pt/c1-41(2)49-32-50(42(3)4)34-51(33-49)47-27-28-60(43(5)31-47)70-61-22-18-21-56(62(61)69-64(70)57-39-55(66(9,10)11)40-58(63(57)71)67(12,13)14)52-35-53(37-54(36-52)65(6,7)8)59-38-48(29-30-68-59)46-25-23-45(24-26-46)44-19-16-15-17-20-44;/h15-34,36-42,71H,1-14H3;/q-1;/i5D3,9D3,10D3,11D3,12D3,13D3,14D3,41D,42D;. The predicted octanol–water partition coefficient (Wildman–Crippen LogP) is 18.4. The molecule has 0 saturated heterocycles. The van der Waals surface area contributed by atoms with Gasteiger partial charge in [-0.1, -0.05) is 204 Å². The number of nitrogens with zero attached hydrogens (tertiary/aromatic N) is 3. The number of para-hydroxylation sites is 1. The number of fused-ring (bicyclic) bond motifs is 1. The van der Waals surface area contributed by atoms with Crippen LogP contribution in [0.3, 0.4) is 0 Å². The number of imidazole rings is 1. The molecule has 7 aromatic carbocycles. The Labute approximate surface area is 476 Å². The van der Waals surface area contributed by atoms with Crippen molar-refractivity contribution < 1.29 is 57.7 Å². The van der Waals surface area contributed by atoms with Gasteiger partial charge in [0.05, 0.1) is 22.3 Å². The van der Waals surface area contributed by atoms with Gasteiger partial charge in [0.1, 0.15) is 11.6 Å². The molecule has 0 amide bonds. The fourth-order valence-corrected chi connectivity index (χ4v) is 8.86. The van der Waals surface area contributed by atoms with Gasteiger partial charge in [-0.05, 0) is 121 Å². The van der Waals surface area contributed by atoms with Gasteiger partial charge in [0.2, 0.25) is 0 Å². The zero-order valence-electron chi connectivity index (χ0n) is 64.0. The van der Waals surface area contributed by atoms with Crippen molar-refractivity contribution in [3.63, 3.8) is 0 Å². The number of rotatable bonds is 9. The Bertz CT molecular complexity index is 4240. The molecule has 0 aliphatic rings. The smallest absolute Gasteiger partial charge is 0.148 e. The number of pyridine rings is 1. The maximum atomic E-state index is 13.1. The van der Waals surface area contributed by atoms with E-state index in [-0.39, 0.29) is 55.0 Å². The topological polar surface area (TPSA) is 50.9 Å². The average molecular weight is 1150 g/mol. The van der Waals surface area contributed by atoms with E-state index >= 15 is 0 Å². The van der Waals surface area contributed by atoms with E-state index in [1.807, 2.05) is 99.6 Å². The minimum absolute atomic E-state index is 0. The van der Waals surface area contributed by atoms with Gasteiger partial charge >= 0.3 is 0 Å². The van der Waals surface area contributed by atoms with Crippen molar-refractivity contribution in [2.75, 3.05) is 0 Å². The Morgan fingerprint density at radius 3 is 1.82 bits per heavy atom. The van der Waals surface area contributed by atoms with E-state index in [1.165, 1.54) is 24.3 Å². The molecule has 5 heteroatoms. The van der Waals surface area contributed by atoms with E-state index in [0.29, 0.717) is 39.6 Å². The minimum atomic E-state index is -4.27. The number of hydrogen-bond acceptors (Lipinski definition) is 3. The third-order valence-corrected chi connectivity index (χ3v) is 12.9. The van der Waals surface area contributed by atoms with Gasteiger partial charge in [-0.25, -0.2) is 4.98 Å². The van der Waals surface area contributed by atoms with Crippen LogP contribution in [0.1, 0.15) is 166 Å². The summed E-state index contributed by atoms with van der Waals surface area (Å²) in [5, 5.41) is 13.1. The van der Waals surface area contributed by atoms with Crippen molar-refractivity contribution >= 4 is 11.0 Å². The molecule has 0 bridgehead atoms. The Hall–Kier alpha value is -6.35. The third-order valence-electron chi connectivity index (χ3n) is 12.9.